The Morgan fingerprint density at radius 2 is 1.62 bits per heavy atom. The van der Waals surface area contributed by atoms with Crippen LogP contribution < -0.4 is 0 Å². The number of halogens is 3. The van der Waals surface area contributed by atoms with Gasteiger partial charge >= 0.3 is 12.1 Å². The Bertz CT molecular complexity index is 338. The molecule has 0 amide bonds. The molecule has 0 fully saturated rings. The van der Waals surface area contributed by atoms with Gasteiger partial charge in [0.15, 0.2) is 0 Å². The lowest BCUT2D eigenvalue weighted by molar-refractivity contribution is -0.154. The minimum Gasteiger partial charge on any atom is -0.459 e. The number of carbonyl (C=O) groups excluding carboxylic acids is 1. The number of rotatable bonds is 12. The monoisotopic (exact) mass is 370 g/mol. The summed E-state index contributed by atoms with van der Waals surface area (Å²) in [4.78, 5) is 12.3. The van der Waals surface area contributed by atoms with E-state index >= 15 is 0 Å². The van der Waals surface area contributed by atoms with Crippen molar-refractivity contribution < 1.29 is 22.7 Å². The molecule has 1 atom stereocenters. The van der Waals surface area contributed by atoms with Crippen LogP contribution in [-0.2, 0) is 9.53 Å². The molecule has 0 rings (SSSR count). The zero-order valence-corrected chi connectivity index (χ0v) is 16.3. The SMILES string of the molecule is CCCCCC(SCCCCCCC(F)(F)F)C(=O)OC(C)(C)C. The molecule has 24 heavy (non-hydrogen) atoms. The maximum atomic E-state index is 12.3. The van der Waals surface area contributed by atoms with Crippen molar-refractivity contribution in [3.8, 4) is 0 Å². The third-order valence-electron chi connectivity index (χ3n) is 3.41. The predicted molar refractivity (Wildman–Crippen MR) is 95.4 cm³/mol. The van der Waals surface area contributed by atoms with Crippen molar-refractivity contribution in [1.82, 2.24) is 0 Å². The number of alkyl halides is 3. The van der Waals surface area contributed by atoms with Gasteiger partial charge in [-0.15, -0.1) is 11.8 Å². The topological polar surface area (TPSA) is 26.3 Å². The van der Waals surface area contributed by atoms with E-state index in [2.05, 4.69) is 6.92 Å². The Morgan fingerprint density at radius 1 is 1.00 bits per heavy atom. The molecule has 0 bridgehead atoms. The van der Waals surface area contributed by atoms with Crippen LogP contribution in [0.25, 0.3) is 0 Å². The lowest BCUT2D eigenvalue weighted by Crippen LogP contribution is -2.30. The smallest absolute Gasteiger partial charge is 0.389 e. The Kier molecular flexibility index (Phi) is 11.8. The summed E-state index contributed by atoms with van der Waals surface area (Å²) in [5, 5.41) is -0.161. The summed E-state index contributed by atoms with van der Waals surface area (Å²) in [6, 6.07) is 0. The van der Waals surface area contributed by atoms with Crippen LogP contribution >= 0.6 is 11.8 Å². The maximum absolute atomic E-state index is 12.3. The summed E-state index contributed by atoms with van der Waals surface area (Å²) >= 11 is 1.59. The standard InChI is InChI=1S/C18H33F3O2S/c1-5-6-9-12-15(16(22)23-17(2,3)4)24-14-11-8-7-10-13-18(19,20)21/h15H,5-14H2,1-4H3. The van der Waals surface area contributed by atoms with Crippen molar-refractivity contribution in [3.63, 3.8) is 0 Å². The summed E-state index contributed by atoms with van der Waals surface area (Å²) in [6.07, 6.45) is 1.66. The van der Waals surface area contributed by atoms with E-state index in [9.17, 15) is 18.0 Å². The number of carbonyl (C=O) groups is 1. The van der Waals surface area contributed by atoms with Gasteiger partial charge in [-0.25, -0.2) is 0 Å². The van der Waals surface area contributed by atoms with Crippen LogP contribution in [-0.4, -0.2) is 28.7 Å². The molecule has 0 aliphatic heterocycles. The van der Waals surface area contributed by atoms with Crippen LogP contribution in [0.4, 0.5) is 13.2 Å². The average molecular weight is 371 g/mol. The maximum Gasteiger partial charge on any atom is 0.389 e. The van der Waals surface area contributed by atoms with Gasteiger partial charge in [-0.05, 0) is 45.8 Å². The van der Waals surface area contributed by atoms with E-state index in [1.54, 1.807) is 11.8 Å². The highest BCUT2D eigenvalue weighted by Gasteiger charge is 2.26. The highest BCUT2D eigenvalue weighted by molar-refractivity contribution is 8.00. The van der Waals surface area contributed by atoms with Crippen LogP contribution in [0.1, 0.15) is 85.5 Å². The van der Waals surface area contributed by atoms with Gasteiger partial charge in [0.1, 0.15) is 10.9 Å². The lowest BCUT2D eigenvalue weighted by atomic mass is 10.1. The van der Waals surface area contributed by atoms with Crippen LogP contribution in [0.15, 0.2) is 0 Å². The first-order valence-corrected chi connectivity index (χ1v) is 10.0. The molecule has 0 aliphatic rings. The number of unbranched alkanes of at least 4 members (excludes halogenated alkanes) is 5. The van der Waals surface area contributed by atoms with Gasteiger partial charge in [0.25, 0.3) is 0 Å². The number of hydrogen-bond donors (Lipinski definition) is 0. The number of hydrogen-bond acceptors (Lipinski definition) is 3. The molecule has 144 valence electrons. The van der Waals surface area contributed by atoms with Crippen LogP contribution in [0.3, 0.4) is 0 Å². The molecule has 0 saturated heterocycles. The molecule has 0 aromatic rings. The van der Waals surface area contributed by atoms with E-state index in [4.69, 9.17) is 4.74 Å². The van der Waals surface area contributed by atoms with E-state index in [1.165, 1.54) is 0 Å². The summed E-state index contributed by atoms with van der Waals surface area (Å²) < 4.78 is 41.6. The van der Waals surface area contributed by atoms with Gasteiger partial charge in [-0.1, -0.05) is 39.0 Å². The fraction of sp³-hybridized carbons (Fsp3) is 0.944. The summed E-state index contributed by atoms with van der Waals surface area (Å²) in [5.41, 5.74) is -0.488. The largest absolute Gasteiger partial charge is 0.459 e. The van der Waals surface area contributed by atoms with E-state index in [1.807, 2.05) is 20.8 Å². The number of thioether (sulfide) groups is 1. The fourth-order valence-electron chi connectivity index (χ4n) is 2.22. The number of ether oxygens (including phenoxy) is 1. The minimum atomic E-state index is -4.05. The molecule has 2 nitrogen and oxygen atoms in total. The second kappa shape index (κ2) is 12.0. The van der Waals surface area contributed by atoms with Crippen molar-refractivity contribution in [3.05, 3.63) is 0 Å². The second-order valence-corrected chi connectivity index (χ2v) is 8.48. The average Bonchev–Trinajstić information content (AvgIpc) is 2.41. The molecular formula is C18H33F3O2S. The minimum absolute atomic E-state index is 0.161. The van der Waals surface area contributed by atoms with Gasteiger partial charge in [0.05, 0.1) is 0 Å². The third kappa shape index (κ3) is 15.2. The van der Waals surface area contributed by atoms with Gasteiger partial charge in [0, 0.05) is 6.42 Å². The van der Waals surface area contributed by atoms with Gasteiger partial charge < -0.3 is 4.74 Å². The molecule has 0 aromatic carbocycles. The number of esters is 1. The molecular weight excluding hydrogens is 337 g/mol. The molecule has 1 unspecified atom stereocenters. The molecule has 6 heteroatoms. The molecule has 0 spiro atoms. The van der Waals surface area contributed by atoms with Crippen LogP contribution in [0.2, 0.25) is 0 Å². The van der Waals surface area contributed by atoms with Crippen molar-refractivity contribution in [2.75, 3.05) is 5.75 Å². The summed E-state index contributed by atoms with van der Waals surface area (Å²) in [6.45, 7) is 7.70. The summed E-state index contributed by atoms with van der Waals surface area (Å²) in [5.74, 6) is 0.628. The predicted octanol–water partition coefficient (Wildman–Crippen LogP) is 6.52. The second-order valence-electron chi connectivity index (χ2n) is 7.17. The molecule has 0 saturated carbocycles. The molecule has 0 heterocycles. The zero-order valence-electron chi connectivity index (χ0n) is 15.5. The van der Waals surface area contributed by atoms with Gasteiger partial charge in [-0.3, -0.25) is 4.79 Å². The van der Waals surface area contributed by atoms with Crippen LogP contribution in [0.5, 0.6) is 0 Å². The van der Waals surface area contributed by atoms with Crippen molar-refractivity contribution in [1.29, 1.82) is 0 Å². The van der Waals surface area contributed by atoms with E-state index in [0.717, 1.165) is 44.3 Å². The van der Waals surface area contributed by atoms with Crippen LogP contribution in [0, 0.1) is 0 Å². The Morgan fingerprint density at radius 3 is 2.17 bits per heavy atom. The highest BCUT2D eigenvalue weighted by atomic mass is 32.2. The normalized spacial score (nSPS) is 13.8. The highest BCUT2D eigenvalue weighted by Crippen LogP contribution is 2.25. The Balaban J connectivity index is 4.06. The molecule has 0 N–H and O–H groups in total. The van der Waals surface area contributed by atoms with Crippen molar-refractivity contribution in [2.24, 2.45) is 0 Å². The van der Waals surface area contributed by atoms with Crippen molar-refractivity contribution >= 4 is 17.7 Å². The fourth-order valence-corrected chi connectivity index (χ4v) is 3.40. The lowest BCUT2D eigenvalue weighted by Gasteiger charge is -2.23. The van der Waals surface area contributed by atoms with Gasteiger partial charge in [0.2, 0.25) is 0 Å². The first-order valence-electron chi connectivity index (χ1n) is 8.96. The molecule has 0 radical (unpaired) electrons. The van der Waals surface area contributed by atoms with E-state index < -0.39 is 18.2 Å². The van der Waals surface area contributed by atoms with Gasteiger partial charge in [-0.2, -0.15) is 13.2 Å². The first kappa shape index (κ1) is 23.6. The summed E-state index contributed by atoms with van der Waals surface area (Å²) in [7, 11) is 0. The van der Waals surface area contributed by atoms with E-state index in [0.29, 0.717) is 6.42 Å². The molecule has 0 aliphatic carbocycles. The quantitative estimate of drug-likeness (QED) is 0.289. The zero-order chi connectivity index (χ0) is 18.6. The molecule has 0 aromatic heterocycles. The Labute approximate surface area is 149 Å². The third-order valence-corrected chi connectivity index (χ3v) is 4.77. The van der Waals surface area contributed by atoms with E-state index in [-0.39, 0.29) is 17.6 Å². The van der Waals surface area contributed by atoms with Crippen molar-refractivity contribution in [2.45, 2.75) is 103 Å². The Hall–Kier alpha value is -0.390. The first-order chi connectivity index (χ1) is 11.0.